The van der Waals surface area contributed by atoms with Gasteiger partial charge in [0.05, 0.1) is 19.9 Å². The van der Waals surface area contributed by atoms with Crippen LogP contribution in [0.25, 0.3) is 11.5 Å². The van der Waals surface area contributed by atoms with Crippen LogP contribution < -0.4 is 15.0 Å². The second-order valence-electron chi connectivity index (χ2n) is 9.02. The van der Waals surface area contributed by atoms with Crippen molar-refractivity contribution in [2.75, 3.05) is 12.0 Å². The fourth-order valence-electron chi connectivity index (χ4n) is 4.56. The monoisotopic (exact) mass is 484 g/mol. The molecule has 4 aromatic rings. The lowest BCUT2D eigenvalue weighted by Crippen LogP contribution is -2.64. The number of fused-ring (bicyclic) bond motifs is 1. The van der Waals surface area contributed by atoms with Crippen molar-refractivity contribution in [3.63, 3.8) is 0 Å². The zero-order valence-corrected chi connectivity index (χ0v) is 20.5. The Hall–Kier alpha value is -4.33. The van der Waals surface area contributed by atoms with Crippen molar-refractivity contribution in [3.05, 3.63) is 89.8 Å². The number of benzene rings is 2. The predicted octanol–water partition coefficient (Wildman–Crippen LogP) is 4.45. The highest BCUT2D eigenvalue weighted by Crippen LogP contribution is 2.34. The molecule has 2 aromatic carbocycles. The van der Waals surface area contributed by atoms with Gasteiger partial charge in [0.25, 0.3) is 5.91 Å². The molecule has 0 spiro atoms. The van der Waals surface area contributed by atoms with E-state index in [9.17, 15) is 9.59 Å². The van der Waals surface area contributed by atoms with Crippen molar-refractivity contribution in [2.45, 2.75) is 38.9 Å². The number of amides is 2. The van der Waals surface area contributed by atoms with Gasteiger partial charge in [-0.15, -0.1) is 0 Å². The van der Waals surface area contributed by atoms with E-state index < -0.39 is 5.54 Å². The highest BCUT2D eigenvalue weighted by Gasteiger charge is 2.49. The van der Waals surface area contributed by atoms with E-state index in [1.54, 1.807) is 48.1 Å². The summed E-state index contributed by atoms with van der Waals surface area (Å²) in [5.74, 6) is 0.751. The minimum absolute atomic E-state index is 0.194. The van der Waals surface area contributed by atoms with Gasteiger partial charge in [0.15, 0.2) is 5.76 Å². The van der Waals surface area contributed by atoms with Crippen LogP contribution in [0.3, 0.4) is 0 Å². The molecule has 2 aromatic heterocycles. The number of hydrogen-bond donors (Lipinski definition) is 1. The fraction of sp³-hybridized carbons (Fsp3) is 0.250. The van der Waals surface area contributed by atoms with Gasteiger partial charge in [0.2, 0.25) is 5.91 Å². The highest BCUT2D eigenvalue weighted by molar-refractivity contribution is 6.12. The lowest BCUT2D eigenvalue weighted by Gasteiger charge is -2.43. The molecular weight excluding hydrogens is 456 g/mol. The number of furan rings is 1. The van der Waals surface area contributed by atoms with Crippen LogP contribution in [0.15, 0.2) is 77.4 Å². The molecule has 0 radical (unpaired) electrons. The normalized spacial score (nSPS) is 17.1. The van der Waals surface area contributed by atoms with E-state index in [-0.39, 0.29) is 18.4 Å². The first-order valence-electron chi connectivity index (χ1n) is 11.9. The highest BCUT2D eigenvalue weighted by atomic mass is 16.5. The van der Waals surface area contributed by atoms with Crippen molar-refractivity contribution < 1.29 is 18.7 Å². The van der Waals surface area contributed by atoms with E-state index in [0.29, 0.717) is 29.4 Å². The topological polar surface area (TPSA) is 89.6 Å². The molecule has 8 heteroatoms. The van der Waals surface area contributed by atoms with Crippen LogP contribution in [0.1, 0.15) is 35.5 Å². The summed E-state index contributed by atoms with van der Waals surface area (Å²) in [5, 5.41) is 7.63. The minimum Gasteiger partial charge on any atom is -0.497 e. The molecule has 1 aliphatic heterocycles. The summed E-state index contributed by atoms with van der Waals surface area (Å²) >= 11 is 0. The van der Waals surface area contributed by atoms with Crippen molar-refractivity contribution in [3.8, 4) is 17.2 Å². The number of hydrogen-bond acceptors (Lipinski definition) is 5. The summed E-state index contributed by atoms with van der Waals surface area (Å²) in [7, 11) is 1.61. The van der Waals surface area contributed by atoms with Crippen molar-refractivity contribution >= 4 is 17.5 Å². The first kappa shape index (κ1) is 23.4. The van der Waals surface area contributed by atoms with Crippen molar-refractivity contribution in [1.29, 1.82) is 0 Å². The maximum Gasteiger partial charge on any atom is 0.277 e. The molecule has 5 rings (SSSR count). The number of nitrogens with one attached hydrogen (secondary N) is 1. The smallest absolute Gasteiger partial charge is 0.277 e. The molecule has 0 bridgehead atoms. The maximum atomic E-state index is 13.9. The molecule has 3 heterocycles. The summed E-state index contributed by atoms with van der Waals surface area (Å²) in [6.07, 6.45) is 2.38. The van der Waals surface area contributed by atoms with Gasteiger partial charge in [0, 0.05) is 18.3 Å². The van der Waals surface area contributed by atoms with E-state index in [2.05, 4.69) is 17.3 Å². The summed E-state index contributed by atoms with van der Waals surface area (Å²) < 4.78 is 12.3. The second-order valence-corrected chi connectivity index (χ2v) is 9.02. The molecule has 184 valence electrons. The lowest BCUT2D eigenvalue weighted by atomic mass is 9.93. The molecule has 0 saturated carbocycles. The van der Waals surface area contributed by atoms with Crippen LogP contribution in [0.2, 0.25) is 0 Å². The molecule has 1 aliphatic rings. The number of methoxy groups -OCH3 is 1. The first-order chi connectivity index (χ1) is 17.4. The van der Waals surface area contributed by atoms with Crippen LogP contribution in [-0.2, 0) is 24.3 Å². The van der Waals surface area contributed by atoms with Gasteiger partial charge in [-0.25, -0.2) is 0 Å². The Morgan fingerprint density at radius 3 is 2.61 bits per heavy atom. The predicted molar refractivity (Wildman–Crippen MR) is 136 cm³/mol. The quantitative estimate of drug-likeness (QED) is 0.419. The number of rotatable bonds is 7. The number of aromatic nitrogens is 2. The number of anilines is 1. The average Bonchev–Trinajstić information content (AvgIpc) is 3.58. The largest absolute Gasteiger partial charge is 0.497 e. The van der Waals surface area contributed by atoms with Gasteiger partial charge in [-0.3, -0.25) is 19.2 Å². The summed E-state index contributed by atoms with van der Waals surface area (Å²) in [5.41, 5.74) is 2.42. The molecule has 1 unspecified atom stereocenters. The number of carbonyl (C=O) groups excluding carboxylic acids is 2. The Balaban J connectivity index is 1.51. The van der Waals surface area contributed by atoms with Gasteiger partial charge in [-0.05, 0) is 60.9 Å². The van der Waals surface area contributed by atoms with Crippen LogP contribution in [0.5, 0.6) is 5.75 Å². The number of ether oxygens (including phenoxy) is 1. The van der Waals surface area contributed by atoms with Gasteiger partial charge < -0.3 is 14.5 Å². The molecule has 0 fully saturated rings. The van der Waals surface area contributed by atoms with Gasteiger partial charge in [-0.1, -0.05) is 31.2 Å². The van der Waals surface area contributed by atoms with Crippen LogP contribution in [0, 0.1) is 0 Å². The molecular formula is C28H28N4O4. The third kappa shape index (κ3) is 4.15. The van der Waals surface area contributed by atoms with Crippen LogP contribution >= 0.6 is 0 Å². The van der Waals surface area contributed by atoms with E-state index in [0.717, 1.165) is 23.3 Å². The number of aryl methyl sites for hydroxylation is 1. The Kier molecular flexibility index (Phi) is 6.10. The van der Waals surface area contributed by atoms with E-state index >= 15 is 0 Å². The Morgan fingerprint density at radius 2 is 1.92 bits per heavy atom. The summed E-state index contributed by atoms with van der Waals surface area (Å²) in [6.45, 7) is 4.35. The van der Waals surface area contributed by atoms with Crippen molar-refractivity contribution in [2.24, 2.45) is 0 Å². The molecule has 0 saturated heterocycles. The van der Waals surface area contributed by atoms with Crippen molar-refractivity contribution in [1.82, 2.24) is 15.1 Å². The molecule has 36 heavy (non-hydrogen) atoms. The first-order valence-corrected chi connectivity index (χ1v) is 11.9. The standard InChI is InChI=1S/C28H28N4O4/c1-4-19-7-5-8-21(15-19)32-26(33)24-16-23(25-9-6-14-36-25)30-31(24)18-28(32,2)27(34)29-17-20-10-12-22(35-3)13-11-20/h5-16H,4,17-18H2,1-3H3,(H,29,34). The van der Waals surface area contributed by atoms with E-state index in [4.69, 9.17) is 9.15 Å². The van der Waals surface area contributed by atoms with Crippen LogP contribution in [-0.4, -0.2) is 34.2 Å². The van der Waals surface area contributed by atoms with Crippen LogP contribution in [0.4, 0.5) is 5.69 Å². The third-order valence-corrected chi connectivity index (χ3v) is 6.61. The zero-order valence-electron chi connectivity index (χ0n) is 20.5. The summed E-state index contributed by atoms with van der Waals surface area (Å²) in [6, 6.07) is 20.5. The Labute approximate surface area is 209 Å². The molecule has 2 amide bonds. The zero-order chi connectivity index (χ0) is 25.3. The number of carbonyl (C=O) groups is 2. The Morgan fingerprint density at radius 1 is 1.11 bits per heavy atom. The summed E-state index contributed by atoms with van der Waals surface area (Å²) in [4.78, 5) is 29.3. The Bertz CT molecular complexity index is 1390. The average molecular weight is 485 g/mol. The minimum atomic E-state index is -1.21. The van der Waals surface area contributed by atoms with Gasteiger partial charge >= 0.3 is 0 Å². The SMILES string of the molecule is CCc1cccc(N2C(=O)c3cc(-c4ccco4)nn3CC2(C)C(=O)NCc2ccc(OC)cc2)c1. The molecule has 1 N–H and O–H groups in total. The van der Waals surface area contributed by atoms with E-state index in [1.807, 2.05) is 48.5 Å². The second kappa shape index (κ2) is 9.37. The lowest BCUT2D eigenvalue weighted by molar-refractivity contribution is -0.126. The molecule has 8 nitrogen and oxygen atoms in total. The number of nitrogens with zero attached hydrogens (tertiary/aromatic N) is 3. The van der Waals surface area contributed by atoms with Gasteiger partial charge in [0.1, 0.15) is 22.7 Å². The molecule has 0 aliphatic carbocycles. The maximum absolute atomic E-state index is 13.9. The third-order valence-electron chi connectivity index (χ3n) is 6.61. The molecule has 1 atom stereocenters. The fourth-order valence-corrected chi connectivity index (χ4v) is 4.56. The van der Waals surface area contributed by atoms with Gasteiger partial charge in [-0.2, -0.15) is 5.10 Å². The van der Waals surface area contributed by atoms with E-state index in [1.165, 1.54) is 0 Å².